The first kappa shape index (κ1) is 20.0. The SMILES string of the molecule is Cc1onc(-c2ccccc2)c1-c1nnc(CN(C)Cc2ccc(C(C)C)cc2)o1. The normalized spacial score (nSPS) is 11.5. The average molecular weight is 402 g/mol. The van der Waals surface area contributed by atoms with Crippen molar-refractivity contribution in [3.8, 4) is 22.7 Å². The zero-order valence-electron chi connectivity index (χ0n) is 17.8. The Balaban J connectivity index is 1.48. The number of aromatic nitrogens is 3. The summed E-state index contributed by atoms with van der Waals surface area (Å²) in [5, 5.41) is 12.7. The maximum absolute atomic E-state index is 5.97. The lowest BCUT2D eigenvalue weighted by atomic mass is 10.0. The first-order valence-corrected chi connectivity index (χ1v) is 10.1. The van der Waals surface area contributed by atoms with Crippen LogP contribution in [-0.4, -0.2) is 27.3 Å². The van der Waals surface area contributed by atoms with Crippen LogP contribution in [0.3, 0.4) is 0 Å². The van der Waals surface area contributed by atoms with E-state index in [0.29, 0.717) is 35.7 Å². The van der Waals surface area contributed by atoms with Gasteiger partial charge in [-0.15, -0.1) is 10.2 Å². The van der Waals surface area contributed by atoms with E-state index in [1.807, 2.05) is 44.3 Å². The van der Waals surface area contributed by atoms with Gasteiger partial charge >= 0.3 is 0 Å². The molecule has 4 aromatic rings. The Hall–Kier alpha value is -3.25. The molecule has 0 aliphatic carbocycles. The Kier molecular flexibility index (Phi) is 5.77. The van der Waals surface area contributed by atoms with E-state index in [0.717, 1.165) is 17.7 Å². The molecular formula is C24H26N4O2. The maximum Gasteiger partial charge on any atom is 0.253 e. The van der Waals surface area contributed by atoms with Gasteiger partial charge in [-0.1, -0.05) is 73.6 Å². The summed E-state index contributed by atoms with van der Waals surface area (Å²) < 4.78 is 11.4. The summed E-state index contributed by atoms with van der Waals surface area (Å²) >= 11 is 0. The van der Waals surface area contributed by atoms with Crippen LogP contribution in [0.5, 0.6) is 0 Å². The maximum atomic E-state index is 5.97. The monoisotopic (exact) mass is 402 g/mol. The Morgan fingerprint density at radius 3 is 2.37 bits per heavy atom. The van der Waals surface area contributed by atoms with E-state index in [4.69, 9.17) is 8.94 Å². The van der Waals surface area contributed by atoms with Crippen LogP contribution in [0, 0.1) is 6.92 Å². The molecule has 2 aromatic heterocycles. The number of benzene rings is 2. The summed E-state index contributed by atoms with van der Waals surface area (Å²) in [6.07, 6.45) is 0. The fraction of sp³-hybridized carbons (Fsp3) is 0.292. The van der Waals surface area contributed by atoms with Crippen molar-refractivity contribution in [2.75, 3.05) is 7.05 Å². The van der Waals surface area contributed by atoms with Crippen LogP contribution in [0.2, 0.25) is 0 Å². The summed E-state index contributed by atoms with van der Waals surface area (Å²) in [5.74, 6) is 2.18. The van der Waals surface area contributed by atoms with Crippen molar-refractivity contribution < 1.29 is 8.94 Å². The first-order chi connectivity index (χ1) is 14.5. The molecule has 30 heavy (non-hydrogen) atoms. The Morgan fingerprint density at radius 2 is 1.67 bits per heavy atom. The Bertz CT molecular complexity index is 1100. The standard InChI is InChI=1S/C24H26N4O2/c1-16(2)19-12-10-18(11-13-19)14-28(4)15-21-25-26-24(29-21)22-17(3)30-27-23(22)20-8-6-5-7-9-20/h5-13,16H,14-15H2,1-4H3. The highest BCUT2D eigenvalue weighted by Gasteiger charge is 2.22. The molecule has 0 aliphatic heterocycles. The molecule has 0 saturated heterocycles. The molecule has 0 radical (unpaired) electrons. The molecule has 4 rings (SSSR count). The van der Waals surface area contributed by atoms with Gasteiger partial charge in [-0.2, -0.15) is 0 Å². The van der Waals surface area contributed by atoms with Gasteiger partial charge in [-0.05, 0) is 31.0 Å². The second kappa shape index (κ2) is 8.63. The molecule has 0 amide bonds. The predicted octanol–water partition coefficient (Wildman–Crippen LogP) is 5.46. The van der Waals surface area contributed by atoms with Crippen LogP contribution >= 0.6 is 0 Å². The fourth-order valence-electron chi connectivity index (χ4n) is 3.44. The molecule has 154 valence electrons. The van der Waals surface area contributed by atoms with Crippen LogP contribution in [0.4, 0.5) is 0 Å². The van der Waals surface area contributed by atoms with E-state index in [1.54, 1.807) is 0 Å². The van der Waals surface area contributed by atoms with Crippen LogP contribution in [-0.2, 0) is 13.1 Å². The highest BCUT2D eigenvalue weighted by molar-refractivity contribution is 5.77. The first-order valence-electron chi connectivity index (χ1n) is 10.1. The van der Waals surface area contributed by atoms with Gasteiger partial charge in [0.1, 0.15) is 17.0 Å². The molecule has 0 spiro atoms. The van der Waals surface area contributed by atoms with Gasteiger partial charge in [0.25, 0.3) is 5.89 Å². The van der Waals surface area contributed by atoms with Gasteiger partial charge in [0.15, 0.2) is 0 Å². The van der Waals surface area contributed by atoms with Gasteiger partial charge < -0.3 is 8.94 Å². The van der Waals surface area contributed by atoms with Crippen LogP contribution in [0.1, 0.15) is 42.5 Å². The van der Waals surface area contributed by atoms with Crippen molar-refractivity contribution >= 4 is 0 Å². The van der Waals surface area contributed by atoms with Crippen LogP contribution in [0.25, 0.3) is 22.7 Å². The van der Waals surface area contributed by atoms with E-state index in [-0.39, 0.29) is 0 Å². The second-order valence-corrected chi connectivity index (χ2v) is 7.90. The Morgan fingerprint density at radius 1 is 0.933 bits per heavy atom. The molecule has 0 fully saturated rings. The molecule has 2 heterocycles. The second-order valence-electron chi connectivity index (χ2n) is 7.90. The van der Waals surface area contributed by atoms with Crippen molar-refractivity contribution in [1.82, 2.24) is 20.3 Å². The van der Waals surface area contributed by atoms with E-state index >= 15 is 0 Å². The third kappa shape index (κ3) is 4.33. The summed E-state index contributed by atoms with van der Waals surface area (Å²) in [6, 6.07) is 18.6. The number of aryl methyl sites for hydroxylation is 1. The number of rotatable bonds is 7. The number of nitrogens with zero attached hydrogens (tertiary/aromatic N) is 4. The number of hydrogen-bond donors (Lipinski definition) is 0. The van der Waals surface area contributed by atoms with Gasteiger partial charge in [0.2, 0.25) is 5.89 Å². The highest BCUT2D eigenvalue weighted by Crippen LogP contribution is 2.33. The molecule has 0 atom stereocenters. The summed E-state index contributed by atoms with van der Waals surface area (Å²) in [5.41, 5.74) is 5.00. The molecule has 2 aromatic carbocycles. The lowest BCUT2D eigenvalue weighted by Crippen LogP contribution is -2.17. The topological polar surface area (TPSA) is 68.2 Å². The van der Waals surface area contributed by atoms with Crippen molar-refractivity contribution in [2.24, 2.45) is 0 Å². The average Bonchev–Trinajstić information content (AvgIpc) is 3.35. The predicted molar refractivity (Wildman–Crippen MR) is 116 cm³/mol. The lowest BCUT2D eigenvalue weighted by molar-refractivity contribution is 0.282. The third-order valence-electron chi connectivity index (χ3n) is 5.09. The minimum atomic E-state index is 0.428. The Labute approximate surface area is 176 Å². The van der Waals surface area contributed by atoms with Crippen molar-refractivity contribution in [3.63, 3.8) is 0 Å². The quantitative estimate of drug-likeness (QED) is 0.409. The van der Waals surface area contributed by atoms with Crippen molar-refractivity contribution in [3.05, 3.63) is 77.4 Å². The van der Waals surface area contributed by atoms with E-state index < -0.39 is 0 Å². The highest BCUT2D eigenvalue weighted by atomic mass is 16.5. The molecular weight excluding hydrogens is 376 g/mol. The molecule has 6 nitrogen and oxygen atoms in total. The van der Waals surface area contributed by atoms with E-state index in [2.05, 4.69) is 58.4 Å². The summed E-state index contributed by atoms with van der Waals surface area (Å²) in [4.78, 5) is 2.15. The molecule has 6 heteroatoms. The largest absolute Gasteiger partial charge is 0.419 e. The van der Waals surface area contributed by atoms with Crippen molar-refractivity contribution in [1.29, 1.82) is 0 Å². The van der Waals surface area contributed by atoms with Gasteiger partial charge in [0, 0.05) is 12.1 Å². The van der Waals surface area contributed by atoms with Crippen LogP contribution in [0.15, 0.2) is 63.5 Å². The summed E-state index contributed by atoms with van der Waals surface area (Å²) in [7, 11) is 2.04. The third-order valence-corrected chi connectivity index (χ3v) is 5.09. The summed E-state index contributed by atoms with van der Waals surface area (Å²) in [6.45, 7) is 7.62. The van der Waals surface area contributed by atoms with Gasteiger partial charge in [-0.3, -0.25) is 4.90 Å². The number of hydrogen-bond acceptors (Lipinski definition) is 6. The van der Waals surface area contributed by atoms with E-state index in [9.17, 15) is 0 Å². The molecule has 0 bridgehead atoms. The van der Waals surface area contributed by atoms with Gasteiger partial charge in [0.05, 0.1) is 6.54 Å². The lowest BCUT2D eigenvalue weighted by Gasteiger charge is -2.15. The van der Waals surface area contributed by atoms with E-state index in [1.165, 1.54) is 11.1 Å². The zero-order chi connectivity index (χ0) is 21.1. The molecule has 0 aliphatic rings. The zero-order valence-corrected chi connectivity index (χ0v) is 17.8. The smallest absolute Gasteiger partial charge is 0.253 e. The van der Waals surface area contributed by atoms with Crippen molar-refractivity contribution in [2.45, 2.75) is 39.8 Å². The molecule has 0 N–H and O–H groups in total. The van der Waals surface area contributed by atoms with Crippen LogP contribution < -0.4 is 0 Å². The minimum absolute atomic E-state index is 0.428. The fourth-order valence-corrected chi connectivity index (χ4v) is 3.44. The minimum Gasteiger partial charge on any atom is -0.419 e. The molecule has 0 saturated carbocycles. The molecule has 0 unspecified atom stereocenters. The van der Waals surface area contributed by atoms with Gasteiger partial charge in [-0.25, -0.2) is 0 Å².